The summed E-state index contributed by atoms with van der Waals surface area (Å²) in [4.78, 5) is 16.0. The predicted molar refractivity (Wildman–Crippen MR) is 145 cm³/mol. The summed E-state index contributed by atoms with van der Waals surface area (Å²) in [5.41, 5.74) is 3.15. The second kappa shape index (κ2) is 11.2. The Morgan fingerprint density at radius 1 is 0.946 bits per heavy atom. The van der Waals surface area contributed by atoms with Crippen LogP contribution in [0.15, 0.2) is 78.9 Å². The van der Waals surface area contributed by atoms with E-state index in [4.69, 9.17) is 14.6 Å². The molecular weight excluding hydrogens is 464 g/mol. The van der Waals surface area contributed by atoms with E-state index in [0.717, 1.165) is 54.9 Å². The third kappa shape index (κ3) is 5.24. The lowest BCUT2D eigenvalue weighted by Gasteiger charge is -2.31. The van der Waals surface area contributed by atoms with Gasteiger partial charge in [0.15, 0.2) is 5.69 Å². The number of methoxy groups -OCH3 is 1. The molecule has 37 heavy (non-hydrogen) atoms. The molecule has 7 heteroatoms. The van der Waals surface area contributed by atoms with Crippen LogP contribution in [0, 0.1) is 0 Å². The van der Waals surface area contributed by atoms with E-state index in [1.165, 1.54) is 0 Å². The van der Waals surface area contributed by atoms with Gasteiger partial charge in [-0.15, -0.1) is 0 Å². The van der Waals surface area contributed by atoms with Crippen molar-refractivity contribution in [3.63, 3.8) is 0 Å². The quantitative estimate of drug-likeness (QED) is 0.376. The van der Waals surface area contributed by atoms with Gasteiger partial charge in [0.2, 0.25) is 0 Å². The maximum Gasteiger partial charge on any atom is 0.272 e. The van der Waals surface area contributed by atoms with Crippen LogP contribution in [-0.4, -0.2) is 67.1 Å². The summed E-state index contributed by atoms with van der Waals surface area (Å²) in [6.07, 6.45) is 0. The summed E-state index contributed by atoms with van der Waals surface area (Å²) >= 11 is 0. The van der Waals surface area contributed by atoms with Gasteiger partial charge in [-0.3, -0.25) is 14.4 Å². The van der Waals surface area contributed by atoms with Gasteiger partial charge in [-0.1, -0.05) is 72.8 Å². The number of rotatable bonds is 9. The number of ether oxygens (including phenoxy) is 2. The number of hydrogen-bond acceptors (Lipinski definition) is 5. The molecule has 0 unspecified atom stereocenters. The first-order valence-corrected chi connectivity index (χ1v) is 12.8. The number of carbonyl (C=O) groups is 1. The smallest absolute Gasteiger partial charge is 0.272 e. The zero-order valence-corrected chi connectivity index (χ0v) is 21.5. The van der Waals surface area contributed by atoms with Crippen molar-refractivity contribution in [1.82, 2.24) is 20.0 Å². The average Bonchev–Trinajstić information content (AvgIpc) is 3.35. The largest absolute Gasteiger partial charge is 0.494 e. The lowest BCUT2D eigenvalue weighted by molar-refractivity contribution is 0.0361. The van der Waals surface area contributed by atoms with Crippen molar-refractivity contribution in [3.05, 3.63) is 95.7 Å². The van der Waals surface area contributed by atoms with Crippen LogP contribution in [0.5, 0.6) is 5.75 Å². The molecule has 7 nitrogen and oxygen atoms in total. The Bertz CT molecular complexity index is 1290. The highest BCUT2D eigenvalue weighted by molar-refractivity contribution is 6.06. The Morgan fingerprint density at radius 2 is 1.59 bits per heavy atom. The van der Waals surface area contributed by atoms with Crippen LogP contribution in [-0.2, 0) is 16.7 Å². The number of morpholine rings is 1. The number of nitrogens with zero attached hydrogens (tertiary/aromatic N) is 3. The molecule has 0 aliphatic carbocycles. The zero-order valence-electron chi connectivity index (χ0n) is 21.5. The minimum Gasteiger partial charge on any atom is -0.494 e. The fourth-order valence-electron chi connectivity index (χ4n) is 5.08. The highest BCUT2D eigenvalue weighted by Crippen LogP contribution is 2.32. The third-order valence-corrected chi connectivity index (χ3v) is 7.32. The number of aromatic nitrogens is 2. The number of hydrogen-bond donors (Lipinski definition) is 1. The lowest BCUT2D eigenvalue weighted by atomic mass is 9.76. The van der Waals surface area contributed by atoms with Crippen molar-refractivity contribution < 1.29 is 14.3 Å². The molecular formula is C30H34N4O3. The monoisotopic (exact) mass is 498 g/mol. The molecule has 192 valence electrons. The predicted octanol–water partition coefficient (Wildman–Crippen LogP) is 4.11. The molecule has 0 atom stereocenters. The van der Waals surface area contributed by atoms with Gasteiger partial charge in [0.25, 0.3) is 5.91 Å². The number of amides is 1. The van der Waals surface area contributed by atoms with Crippen LogP contribution in [0.4, 0.5) is 0 Å². The molecule has 1 fully saturated rings. The number of carbonyl (C=O) groups excluding carboxylic acids is 1. The maximum absolute atomic E-state index is 13.6. The number of nitrogens with one attached hydrogen (secondary N) is 1. The molecule has 1 N–H and O–H groups in total. The van der Waals surface area contributed by atoms with Gasteiger partial charge in [0, 0.05) is 37.0 Å². The Kier molecular flexibility index (Phi) is 7.53. The van der Waals surface area contributed by atoms with Gasteiger partial charge >= 0.3 is 0 Å². The van der Waals surface area contributed by atoms with Crippen molar-refractivity contribution in [2.24, 2.45) is 0 Å². The van der Waals surface area contributed by atoms with E-state index in [1.807, 2.05) is 59.3 Å². The normalized spacial score (nSPS) is 14.5. The van der Waals surface area contributed by atoms with E-state index in [-0.39, 0.29) is 5.91 Å². The summed E-state index contributed by atoms with van der Waals surface area (Å²) in [7, 11) is 1.65. The van der Waals surface area contributed by atoms with E-state index in [1.54, 1.807) is 7.11 Å². The molecule has 1 saturated heterocycles. The van der Waals surface area contributed by atoms with Gasteiger partial charge in [0.05, 0.1) is 26.9 Å². The molecule has 5 rings (SSSR count). The molecule has 2 heterocycles. The second-order valence-electron chi connectivity index (χ2n) is 9.63. The van der Waals surface area contributed by atoms with E-state index < -0.39 is 5.41 Å². The first-order valence-electron chi connectivity index (χ1n) is 12.8. The zero-order chi connectivity index (χ0) is 25.7. The Labute approximate surface area is 218 Å². The molecule has 0 spiro atoms. The average molecular weight is 499 g/mol. The topological polar surface area (TPSA) is 68.6 Å². The summed E-state index contributed by atoms with van der Waals surface area (Å²) in [6, 6.07) is 26.4. The Hall–Kier alpha value is -3.68. The number of benzene rings is 3. The van der Waals surface area contributed by atoms with Crippen molar-refractivity contribution >= 4 is 16.8 Å². The van der Waals surface area contributed by atoms with Gasteiger partial charge < -0.3 is 14.8 Å². The molecule has 1 aliphatic heterocycles. The van der Waals surface area contributed by atoms with Gasteiger partial charge in [-0.2, -0.15) is 5.10 Å². The van der Waals surface area contributed by atoms with Crippen molar-refractivity contribution in [1.29, 1.82) is 0 Å². The van der Waals surface area contributed by atoms with E-state index in [2.05, 4.69) is 41.4 Å². The van der Waals surface area contributed by atoms with E-state index >= 15 is 0 Å². The minimum absolute atomic E-state index is 0.193. The van der Waals surface area contributed by atoms with Crippen molar-refractivity contribution in [2.75, 3.05) is 46.5 Å². The van der Waals surface area contributed by atoms with Gasteiger partial charge in [-0.05, 0) is 24.1 Å². The molecule has 3 aromatic carbocycles. The number of fused-ring (bicyclic) bond motifs is 1. The fourth-order valence-corrected chi connectivity index (χ4v) is 5.08. The maximum atomic E-state index is 13.6. The highest BCUT2D eigenvalue weighted by Gasteiger charge is 2.30. The fraction of sp³-hybridized carbons (Fsp3) is 0.333. The molecule has 1 aromatic heterocycles. The van der Waals surface area contributed by atoms with Crippen LogP contribution >= 0.6 is 0 Å². The van der Waals surface area contributed by atoms with Crippen LogP contribution in [0.3, 0.4) is 0 Å². The summed E-state index contributed by atoms with van der Waals surface area (Å²) < 4.78 is 13.0. The van der Waals surface area contributed by atoms with Gasteiger partial charge in [-0.25, -0.2) is 0 Å². The molecule has 1 amide bonds. The Morgan fingerprint density at radius 3 is 2.22 bits per heavy atom. The molecule has 4 aromatic rings. The first kappa shape index (κ1) is 25.0. The van der Waals surface area contributed by atoms with Crippen molar-refractivity contribution in [2.45, 2.75) is 18.9 Å². The van der Waals surface area contributed by atoms with Crippen LogP contribution < -0.4 is 10.1 Å². The van der Waals surface area contributed by atoms with Crippen LogP contribution in [0.1, 0.15) is 28.5 Å². The standard InChI is InChI=1S/C30H34N4O3/c1-30(23-10-5-3-6-11-23,24-12-7-4-8-13-24)22-31-29(35)27-25-14-9-15-26(36-2)28(25)34(32-27)17-16-33-18-20-37-21-19-33/h3-15H,16-22H2,1-2H3,(H,31,35). The molecule has 0 radical (unpaired) electrons. The van der Waals surface area contributed by atoms with E-state index in [0.29, 0.717) is 24.5 Å². The second-order valence-corrected chi connectivity index (χ2v) is 9.63. The van der Waals surface area contributed by atoms with Crippen LogP contribution in [0.2, 0.25) is 0 Å². The molecule has 1 aliphatic rings. The molecule has 0 saturated carbocycles. The summed E-state index contributed by atoms with van der Waals surface area (Å²) in [5, 5.41) is 8.79. The summed E-state index contributed by atoms with van der Waals surface area (Å²) in [5.74, 6) is 0.519. The van der Waals surface area contributed by atoms with Gasteiger partial charge in [0.1, 0.15) is 11.3 Å². The third-order valence-electron chi connectivity index (χ3n) is 7.32. The first-order chi connectivity index (χ1) is 18.1. The highest BCUT2D eigenvalue weighted by atomic mass is 16.5. The molecule has 0 bridgehead atoms. The Balaban J connectivity index is 1.43. The summed E-state index contributed by atoms with van der Waals surface area (Å²) in [6.45, 7) is 7.40. The van der Waals surface area contributed by atoms with E-state index in [9.17, 15) is 4.79 Å². The minimum atomic E-state index is -0.398. The number of para-hydroxylation sites is 1. The van der Waals surface area contributed by atoms with Crippen molar-refractivity contribution in [3.8, 4) is 5.75 Å². The SMILES string of the molecule is COc1cccc2c(C(=O)NCC(C)(c3ccccc3)c3ccccc3)nn(CCN3CCOCC3)c12. The lowest BCUT2D eigenvalue weighted by Crippen LogP contribution is -2.40. The van der Waals surface area contributed by atoms with Crippen LogP contribution in [0.25, 0.3) is 10.9 Å².